The van der Waals surface area contributed by atoms with Gasteiger partial charge in [-0.3, -0.25) is 0 Å². The van der Waals surface area contributed by atoms with Crippen LogP contribution in [0.2, 0.25) is 0 Å². The monoisotopic (exact) mass is 233 g/mol. The first-order valence-electron chi connectivity index (χ1n) is 5.05. The molecular weight excluding hydrogens is 222 g/mol. The molecular formula is C11H11N3O3. The molecule has 0 atom stereocenters. The molecule has 17 heavy (non-hydrogen) atoms. The number of nitrogens with one attached hydrogen (secondary N) is 1. The number of carbonyl (C=O) groups is 1. The van der Waals surface area contributed by atoms with Crippen LogP contribution in [0, 0.1) is 0 Å². The maximum atomic E-state index is 10.6. The van der Waals surface area contributed by atoms with Crippen LogP contribution in [0.1, 0.15) is 22.0 Å². The maximum absolute atomic E-state index is 10.6. The second-order valence-corrected chi connectivity index (χ2v) is 3.39. The zero-order valence-corrected chi connectivity index (χ0v) is 8.96. The lowest BCUT2D eigenvalue weighted by Crippen LogP contribution is -2.13. The molecule has 2 aromatic heterocycles. The van der Waals surface area contributed by atoms with Gasteiger partial charge in [0.1, 0.15) is 5.76 Å². The third kappa shape index (κ3) is 3.12. The lowest BCUT2D eigenvalue weighted by Gasteiger charge is -2.00. The molecule has 6 heteroatoms. The molecule has 88 valence electrons. The number of aromatic carboxylic acids is 1. The average Bonchev–Trinajstić information content (AvgIpc) is 2.79. The van der Waals surface area contributed by atoms with Crippen LogP contribution < -0.4 is 5.32 Å². The van der Waals surface area contributed by atoms with Gasteiger partial charge >= 0.3 is 5.97 Å². The molecule has 0 aliphatic rings. The zero-order valence-electron chi connectivity index (χ0n) is 8.96. The summed E-state index contributed by atoms with van der Waals surface area (Å²) in [6, 6.07) is 6.72. The van der Waals surface area contributed by atoms with Crippen LogP contribution in [0.5, 0.6) is 0 Å². The minimum atomic E-state index is -1.06. The topological polar surface area (TPSA) is 88.2 Å². The van der Waals surface area contributed by atoms with Crippen LogP contribution in [0.4, 0.5) is 0 Å². The number of hydrogen-bond donors (Lipinski definition) is 2. The summed E-state index contributed by atoms with van der Waals surface area (Å²) < 4.78 is 5.08. The van der Waals surface area contributed by atoms with Gasteiger partial charge in [-0.05, 0) is 24.3 Å². The minimum absolute atomic E-state index is 0.0543. The molecule has 0 aliphatic carbocycles. The van der Waals surface area contributed by atoms with Crippen molar-refractivity contribution in [1.29, 1.82) is 0 Å². The highest BCUT2D eigenvalue weighted by molar-refractivity contribution is 5.84. The second kappa shape index (κ2) is 5.22. The number of aromatic nitrogens is 2. The van der Waals surface area contributed by atoms with E-state index >= 15 is 0 Å². The standard InChI is InChI=1S/C11H11N3O3/c15-11(16)10-4-3-9(17-10)7-12-6-8-2-1-5-13-14-8/h1-5,12H,6-7H2,(H,15,16). The summed E-state index contributed by atoms with van der Waals surface area (Å²) in [5.74, 6) is -0.544. The molecule has 0 aromatic carbocycles. The molecule has 0 amide bonds. The average molecular weight is 233 g/mol. The fraction of sp³-hybridized carbons (Fsp3) is 0.182. The van der Waals surface area contributed by atoms with E-state index in [2.05, 4.69) is 15.5 Å². The number of carboxylic acids is 1. The van der Waals surface area contributed by atoms with Crippen molar-refractivity contribution in [1.82, 2.24) is 15.5 Å². The molecule has 2 heterocycles. The summed E-state index contributed by atoms with van der Waals surface area (Å²) in [5, 5.41) is 19.4. The van der Waals surface area contributed by atoms with E-state index in [0.29, 0.717) is 18.8 Å². The Hall–Kier alpha value is -2.21. The second-order valence-electron chi connectivity index (χ2n) is 3.39. The van der Waals surface area contributed by atoms with Crippen molar-refractivity contribution in [3.8, 4) is 0 Å². The Bertz CT molecular complexity index is 496. The summed E-state index contributed by atoms with van der Waals surface area (Å²) in [4.78, 5) is 10.6. The first kappa shape index (κ1) is 11.3. The van der Waals surface area contributed by atoms with Crippen molar-refractivity contribution in [2.24, 2.45) is 0 Å². The van der Waals surface area contributed by atoms with Crippen molar-refractivity contribution in [3.05, 3.63) is 47.7 Å². The van der Waals surface area contributed by atoms with E-state index < -0.39 is 5.97 Å². The van der Waals surface area contributed by atoms with Crippen molar-refractivity contribution >= 4 is 5.97 Å². The summed E-state index contributed by atoms with van der Waals surface area (Å²) in [5.41, 5.74) is 0.817. The van der Waals surface area contributed by atoms with E-state index in [0.717, 1.165) is 5.69 Å². The maximum Gasteiger partial charge on any atom is 0.371 e. The van der Waals surface area contributed by atoms with Crippen LogP contribution in [0.3, 0.4) is 0 Å². The molecule has 2 rings (SSSR count). The van der Waals surface area contributed by atoms with Gasteiger partial charge in [0, 0.05) is 12.7 Å². The molecule has 0 aliphatic heterocycles. The smallest absolute Gasteiger partial charge is 0.371 e. The summed E-state index contributed by atoms with van der Waals surface area (Å²) in [7, 11) is 0. The normalized spacial score (nSPS) is 10.4. The van der Waals surface area contributed by atoms with Crippen LogP contribution in [0.25, 0.3) is 0 Å². The first-order valence-corrected chi connectivity index (χ1v) is 5.05. The van der Waals surface area contributed by atoms with Gasteiger partial charge in [0.25, 0.3) is 0 Å². The summed E-state index contributed by atoms with van der Waals surface area (Å²) >= 11 is 0. The predicted molar refractivity (Wildman–Crippen MR) is 58.2 cm³/mol. The van der Waals surface area contributed by atoms with E-state index in [4.69, 9.17) is 9.52 Å². The molecule has 0 unspecified atom stereocenters. The Morgan fingerprint density at radius 3 is 2.88 bits per heavy atom. The van der Waals surface area contributed by atoms with Gasteiger partial charge in [0.15, 0.2) is 0 Å². The van der Waals surface area contributed by atoms with Crippen LogP contribution >= 0.6 is 0 Å². The lowest BCUT2D eigenvalue weighted by atomic mass is 10.3. The van der Waals surface area contributed by atoms with E-state index in [-0.39, 0.29) is 5.76 Å². The van der Waals surface area contributed by atoms with Crippen LogP contribution in [-0.2, 0) is 13.1 Å². The Balaban J connectivity index is 1.84. The zero-order chi connectivity index (χ0) is 12.1. The molecule has 2 N–H and O–H groups in total. The number of carboxylic acid groups (broad SMARTS) is 1. The van der Waals surface area contributed by atoms with E-state index in [1.165, 1.54) is 6.07 Å². The summed E-state index contributed by atoms with van der Waals surface area (Å²) in [6.45, 7) is 1.00. The van der Waals surface area contributed by atoms with Gasteiger partial charge in [0.2, 0.25) is 5.76 Å². The highest BCUT2D eigenvalue weighted by atomic mass is 16.4. The summed E-state index contributed by atoms with van der Waals surface area (Å²) in [6.07, 6.45) is 1.61. The Morgan fingerprint density at radius 1 is 1.35 bits per heavy atom. The van der Waals surface area contributed by atoms with E-state index in [1.807, 2.05) is 6.07 Å². The highest BCUT2D eigenvalue weighted by Gasteiger charge is 2.08. The Kier molecular flexibility index (Phi) is 3.46. The van der Waals surface area contributed by atoms with E-state index in [1.54, 1.807) is 18.3 Å². The lowest BCUT2D eigenvalue weighted by molar-refractivity contribution is 0.0660. The van der Waals surface area contributed by atoms with Gasteiger partial charge in [-0.15, -0.1) is 0 Å². The quantitative estimate of drug-likeness (QED) is 0.802. The van der Waals surface area contributed by atoms with Gasteiger partial charge in [-0.25, -0.2) is 4.79 Å². The number of rotatable bonds is 5. The van der Waals surface area contributed by atoms with Crippen molar-refractivity contribution in [3.63, 3.8) is 0 Å². The Morgan fingerprint density at radius 2 is 2.24 bits per heavy atom. The largest absolute Gasteiger partial charge is 0.475 e. The van der Waals surface area contributed by atoms with Crippen LogP contribution in [0.15, 0.2) is 34.9 Å². The van der Waals surface area contributed by atoms with Gasteiger partial charge < -0.3 is 14.8 Å². The Labute approximate surface area is 97.3 Å². The predicted octanol–water partition coefficient (Wildman–Crippen LogP) is 1.06. The van der Waals surface area contributed by atoms with Gasteiger partial charge in [-0.2, -0.15) is 10.2 Å². The van der Waals surface area contributed by atoms with Crippen molar-refractivity contribution in [2.75, 3.05) is 0 Å². The van der Waals surface area contributed by atoms with Crippen molar-refractivity contribution in [2.45, 2.75) is 13.1 Å². The van der Waals surface area contributed by atoms with Crippen LogP contribution in [-0.4, -0.2) is 21.3 Å². The van der Waals surface area contributed by atoms with E-state index in [9.17, 15) is 4.79 Å². The molecule has 0 saturated carbocycles. The number of nitrogens with zero attached hydrogens (tertiary/aromatic N) is 2. The fourth-order valence-electron chi connectivity index (χ4n) is 1.33. The number of furan rings is 1. The fourth-order valence-corrected chi connectivity index (χ4v) is 1.33. The van der Waals surface area contributed by atoms with Gasteiger partial charge in [0.05, 0.1) is 12.2 Å². The molecule has 0 bridgehead atoms. The van der Waals surface area contributed by atoms with Gasteiger partial charge in [-0.1, -0.05) is 0 Å². The first-order chi connectivity index (χ1) is 8.25. The highest BCUT2D eigenvalue weighted by Crippen LogP contribution is 2.07. The molecule has 0 saturated heterocycles. The molecule has 0 fully saturated rings. The number of hydrogen-bond acceptors (Lipinski definition) is 5. The van der Waals surface area contributed by atoms with Crippen molar-refractivity contribution < 1.29 is 14.3 Å². The minimum Gasteiger partial charge on any atom is -0.475 e. The third-order valence-electron chi connectivity index (χ3n) is 2.11. The SMILES string of the molecule is O=C(O)c1ccc(CNCc2cccnn2)o1. The molecule has 0 spiro atoms. The molecule has 6 nitrogen and oxygen atoms in total. The molecule has 2 aromatic rings. The molecule has 0 radical (unpaired) electrons. The third-order valence-corrected chi connectivity index (χ3v) is 2.11.